The molecule has 0 saturated heterocycles. The van der Waals surface area contributed by atoms with Crippen molar-refractivity contribution in [2.75, 3.05) is 6.54 Å². The van der Waals surface area contributed by atoms with E-state index in [1.165, 1.54) is 11.0 Å². The van der Waals surface area contributed by atoms with E-state index in [-0.39, 0.29) is 18.7 Å². The lowest BCUT2D eigenvalue weighted by Gasteiger charge is -2.20. The van der Waals surface area contributed by atoms with Gasteiger partial charge in [-0.15, -0.1) is 0 Å². The molecule has 8 heteroatoms. The highest BCUT2D eigenvalue weighted by atomic mass is 19.4. The number of nitrogens with one attached hydrogen (secondary N) is 1. The zero-order chi connectivity index (χ0) is 18.6. The van der Waals surface area contributed by atoms with E-state index in [4.69, 9.17) is 4.42 Å². The van der Waals surface area contributed by atoms with E-state index < -0.39 is 23.6 Å². The van der Waals surface area contributed by atoms with Gasteiger partial charge in [-0.3, -0.25) is 0 Å². The maximum atomic E-state index is 14.0. The number of amides is 2. The van der Waals surface area contributed by atoms with Crippen molar-refractivity contribution in [1.82, 2.24) is 10.2 Å². The Labute approximate surface area is 142 Å². The van der Waals surface area contributed by atoms with Crippen molar-refractivity contribution in [3.8, 4) is 0 Å². The van der Waals surface area contributed by atoms with Crippen molar-refractivity contribution in [3.05, 3.63) is 58.8 Å². The third kappa shape index (κ3) is 4.74. The number of aryl methyl sites for hydroxylation is 1. The Bertz CT molecular complexity index is 740. The fourth-order valence-corrected chi connectivity index (χ4v) is 2.30. The van der Waals surface area contributed by atoms with Gasteiger partial charge in [0.15, 0.2) is 0 Å². The first-order valence-electron chi connectivity index (χ1n) is 7.65. The van der Waals surface area contributed by atoms with Crippen LogP contribution in [0.15, 0.2) is 34.7 Å². The Hall–Kier alpha value is -2.51. The summed E-state index contributed by atoms with van der Waals surface area (Å²) in [6.45, 7) is 3.75. The van der Waals surface area contributed by atoms with E-state index in [0.29, 0.717) is 24.1 Å². The summed E-state index contributed by atoms with van der Waals surface area (Å²) in [5, 5.41) is 2.43. The second-order valence-electron chi connectivity index (χ2n) is 5.46. The molecule has 0 saturated carbocycles. The molecule has 0 aliphatic carbocycles. The van der Waals surface area contributed by atoms with Crippen LogP contribution in [-0.2, 0) is 19.3 Å². The van der Waals surface area contributed by atoms with Crippen LogP contribution in [0, 0.1) is 12.7 Å². The summed E-state index contributed by atoms with van der Waals surface area (Å²) in [7, 11) is 0. The average Bonchev–Trinajstić information content (AvgIpc) is 2.95. The molecule has 0 radical (unpaired) electrons. The van der Waals surface area contributed by atoms with Gasteiger partial charge in [0.05, 0.1) is 12.1 Å². The minimum Gasteiger partial charge on any atom is -0.464 e. The van der Waals surface area contributed by atoms with Gasteiger partial charge in [0.1, 0.15) is 17.3 Å². The predicted octanol–water partition coefficient (Wildman–Crippen LogP) is 4.48. The Kier molecular flexibility index (Phi) is 5.71. The second kappa shape index (κ2) is 7.58. The quantitative estimate of drug-likeness (QED) is 0.801. The van der Waals surface area contributed by atoms with Crippen LogP contribution < -0.4 is 5.32 Å². The third-order valence-electron chi connectivity index (χ3n) is 3.63. The van der Waals surface area contributed by atoms with Crippen molar-refractivity contribution in [3.63, 3.8) is 0 Å². The number of rotatable bonds is 5. The van der Waals surface area contributed by atoms with Gasteiger partial charge in [-0.05, 0) is 32.0 Å². The Morgan fingerprint density at radius 1 is 1.24 bits per heavy atom. The van der Waals surface area contributed by atoms with Gasteiger partial charge in [0, 0.05) is 18.7 Å². The van der Waals surface area contributed by atoms with Crippen LogP contribution in [0.5, 0.6) is 0 Å². The number of hydrogen-bond donors (Lipinski definition) is 1. The summed E-state index contributed by atoms with van der Waals surface area (Å²) in [4.78, 5) is 13.6. The molecule has 1 aromatic carbocycles. The SMILES string of the molecule is CCN(Cc1ccc(C)o1)C(=O)NCc1cccc(C(F)(F)F)c1F. The summed E-state index contributed by atoms with van der Waals surface area (Å²) >= 11 is 0. The smallest absolute Gasteiger partial charge is 0.419 e. The number of urea groups is 1. The van der Waals surface area contributed by atoms with E-state index in [2.05, 4.69) is 5.32 Å². The van der Waals surface area contributed by atoms with Crippen LogP contribution in [0.4, 0.5) is 22.4 Å². The predicted molar refractivity (Wildman–Crippen MR) is 83.2 cm³/mol. The zero-order valence-corrected chi connectivity index (χ0v) is 13.8. The first kappa shape index (κ1) is 18.8. The molecule has 0 aliphatic heterocycles. The van der Waals surface area contributed by atoms with Gasteiger partial charge in [-0.2, -0.15) is 13.2 Å². The molecule has 0 spiro atoms. The maximum absolute atomic E-state index is 14.0. The van der Waals surface area contributed by atoms with Crippen LogP contribution in [0.25, 0.3) is 0 Å². The van der Waals surface area contributed by atoms with Gasteiger partial charge < -0.3 is 14.6 Å². The number of carbonyl (C=O) groups excluding carboxylic acids is 1. The fourth-order valence-electron chi connectivity index (χ4n) is 2.30. The number of nitrogens with zero attached hydrogens (tertiary/aromatic N) is 1. The minimum atomic E-state index is -4.78. The molecule has 136 valence electrons. The van der Waals surface area contributed by atoms with Gasteiger partial charge in [0.25, 0.3) is 0 Å². The number of alkyl halides is 3. The van der Waals surface area contributed by atoms with E-state index in [9.17, 15) is 22.4 Å². The molecule has 0 unspecified atom stereocenters. The molecular weight excluding hydrogens is 340 g/mol. The lowest BCUT2D eigenvalue weighted by atomic mass is 10.1. The molecule has 0 bridgehead atoms. The summed E-state index contributed by atoms with van der Waals surface area (Å²) in [5.41, 5.74) is -1.58. The molecule has 2 amide bonds. The van der Waals surface area contributed by atoms with Crippen LogP contribution in [0.3, 0.4) is 0 Å². The standard InChI is InChI=1S/C17H18F4N2O2/c1-3-23(10-13-8-7-11(2)25-13)16(24)22-9-12-5-4-6-14(15(12)18)17(19,20)21/h4-8H,3,9-10H2,1-2H3,(H,22,24). The topological polar surface area (TPSA) is 45.5 Å². The van der Waals surface area contributed by atoms with Crippen LogP contribution in [0.1, 0.15) is 29.6 Å². The zero-order valence-electron chi connectivity index (χ0n) is 13.8. The minimum absolute atomic E-state index is 0.210. The molecule has 1 aromatic heterocycles. The molecule has 1 heterocycles. The maximum Gasteiger partial charge on any atom is 0.419 e. The van der Waals surface area contributed by atoms with Gasteiger partial charge in [0.2, 0.25) is 0 Å². The highest BCUT2D eigenvalue weighted by molar-refractivity contribution is 5.74. The Morgan fingerprint density at radius 2 is 1.96 bits per heavy atom. The van der Waals surface area contributed by atoms with E-state index in [1.54, 1.807) is 26.0 Å². The van der Waals surface area contributed by atoms with Crippen molar-refractivity contribution < 1.29 is 26.8 Å². The van der Waals surface area contributed by atoms with Crippen molar-refractivity contribution in [1.29, 1.82) is 0 Å². The van der Waals surface area contributed by atoms with Crippen molar-refractivity contribution in [2.45, 2.75) is 33.1 Å². The van der Waals surface area contributed by atoms with Crippen LogP contribution in [-0.4, -0.2) is 17.5 Å². The first-order valence-corrected chi connectivity index (χ1v) is 7.65. The fraction of sp³-hybridized carbons (Fsp3) is 0.353. The van der Waals surface area contributed by atoms with Gasteiger partial charge in [-0.25, -0.2) is 9.18 Å². The number of benzene rings is 1. The van der Waals surface area contributed by atoms with Crippen LogP contribution >= 0.6 is 0 Å². The molecule has 1 N–H and O–H groups in total. The van der Waals surface area contributed by atoms with E-state index in [0.717, 1.165) is 6.07 Å². The first-order chi connectivity index (χ1) is 11.7. The summed E-state index contributed by atoms with van der Waals surface area (Å²) in [6.07, 6.45) is -4.78. The van der Waals surface area contributed by atoms with Crippen molar-refractivity contribution in [2.24, 2.45) is 0 Å². The highest BCUT2D eigenvalue weighted by Crippen LogP contribution is 2.32. The number of carbonyl (C=O) groups is 1. The van der Waals surface area contributed by atoms with Crippen molar-refractivity contribution >= 4 is 6.03 Å². The lowest BCUT2D eigenvalue weighted by Crippen LogP contribution is -2.39. The normalized spacial score (nSPS) is 11.4. The monoisotopic (exact) mass is 358 g/mol. The third-order valence-corrected chi connectivity index (χ3v) is 3.63. The van der Waals surface area contributed by atoms with Gasteiger partial charge >= 0.3 is 12.2 Å². The number of hydrogen-bond acceptors (Lipinski definition) is 2. The number of halogens is 4. The van der Waals surface area contributed by atoms with Gasteiger partial charge in [-0.1, -0.05) is 12.1 Å². The average molecular weight is 358 g/mol. The molecular formula is C17H18F4N2O2. The molecule has 0 fully saturated rings. The highest BCUT2D eigenvalue weighted by Gasteiger charge is 2.34. The van der Waals surface area contributed by atoms with E-state index in [1.807, 2.05) is 0 Å². The second-order valence-corrected chi connectivity index (χ2v) is 5.46. The number of furan rings is 1. The summed E-state index contributed by atoms with van der Waals surface area (Å²) in [6, 6.07) is 5.95. The van der Waals surface area contributed by atoms with E-state index >= 15 is 0 Å². The summed E-state index contributed by atoms with van der Waals surface area (Å²) in [5.74, 6) is -0.0859. The molecule has 25 heavy (non-hydrogen) atoms. The molecule has 0 atom stereocenters. The lowest BCUT2D eigenvalue weighted by molar-refractivity contribution is -0.140. The molecule has 4 nitrogen and oxygen atoms in total. The molecule has 0 aliphatic rings. The van der Waals surface area contributed by atoms with Crippen LogP contribution in [0.2, 0.25) is 0 Å². The Balaban J connectivity index is 2.03. The Morgan fingerprint density at radius 3 is 2.52 bits per heavy atom. The molecule has 2 rings (SSSR count). The summed E-state index contributed by atoms with van der Waals surface area (Å²) < 4.78 is 57.5. The molecule has 2 aromatic rings. The largest absolute Gasteiger partial charge is 0.464 e.